The zero-order valence-corrected chi connectivity index (χ0v) is 18.2. The predicted molar refractivity (Wildman–Crippen MR) is 110 cm³/mol. The lowest BCUT2D eigenvalue weighted by atomic mass is 9.92. The molecular formula is C20H34N6O2. The Kier molecular flexibility index (Phi) is 6.85. The van der Waals surface area contributed by atoms with Gasteiger partial charge in [-0.1, -0.05) is 20.8 Å². The van der Waals surface area contributed by atoms with E-state index in [0.29, 0.717) is 32.5 Å². The minimum absolute atomic E-state index is 0.00770. The third kappa shape index (κ3) is 5.56. The summed E-state index contributed by atoms with van der Waals surface area (Å²) in [5.74, 6) is 0.453. The van der Waals surface area contributed by atoms with Crippen molar-refractivity contribution in [3.63, 3.8) is 0 Å². The number of nitrogens with zero attached hydrogens (tertiary/aromatic N) is 5. The summed E-state index contributed by atoms with van der Waals surface area (Å²) in [5.41, 5.74) is 1.90. The topological polar surface area (TPSA) is 81.7 Å². The summed E-state index contributed by atoms with van der Waals surface area (Å²) in [6.45, 7) is 7.75. The molecule has 28 heavy (non-hydrogen) atoms. The molecule has 1 N–H and O–H groups in total. The molecule has 1 aliphatic heterocycles. The van der Waals surface area contributed by atoms with Gasteiger partial charge in [0.05, 0.1) is 11.6 Å². The lowest BCUT2D eigenvalue weighted by Crippen LogP contribution is -2.48. The molecule has 0 fully saturated rings. The number of rotatable bonds is 3. The van der Waals surface area contributed by atoms with Gasteiger partial charge < -0.3 is 20.0 Å². The van der Waals surface area contributed by atoms with Gasteiger partial charge >= 0.3 is 6.03 Å². The van der Waals surface area contributed by atoms with E-state index in [2.05, 4.69) is 36.1 Å². The number of nitrogens with one attached hydrogen (secondary N) is 1. The van der Waals surface area contributed by atoms with Crippen LogP contribution in [0.15, 0.2) is 6.33 Å². The van der Waals surface area contributed by atoms with Crippen molar-refractivity contribution in [3.8, 4) is 0 Å². The van der Waals surface area contributed by atoms with Crippen LogP contribution in [0.5, 0.6) is 0 Å². The normalized spacial score (nSPS) is 17.2. The van der Waals surface area contributed by atoms with E-state index < -0.39 is 0 Å². The quantitative estimate of drug-likeness (QED) is 0.844. The second-order valence-corrected chi connectivity index (χ2v) is 9.07. The summed E-state index contributed by atoms with van der Waals surface area (Å²) in [6.07, 6.45) is 2.72. The van der Waals surface area contributed by atoms with Crippen LogP contribution in [0.2, 0.25) is 0 Å². The first kappa shape index (κ1) is 21.9. The van der Waals surface area contributed by atoms with E-state index in [1.54, 1.807) is 30.2 Å². The number of anilines is 1. The molecule has 0 bridgehead atoms. The Morgan fingerprint density at radius 2 is 1.89 bits per heavy atom. The third-order valence-corrected chi connectivity index (χ3v) is 4.76. The first-order chi connectivity index (χ1) is 13.0. The van der Waals surface area contributed by atoms with E-state index in [1.165, 1.54) is 0 Å². The Morgan fingerprint density at radius 1 is 1.21 bits per heavy atom. The average molecular weight is 391 g/mol. The lowest BCUT2D eigenvalue weighted by molar-refractivity contribution is -0.125. The minimum Gasteiger partial charge on any atom is -0.362 e. The van der Waals surface area contributed by atoms with Crippen LogP contribution in [0.3, 0.4) is 0 Å². The van der Waals surface area contributed by atoms with Crippen molar-refractivity contribution in [2.24, 2.45) is 11.3 Å². The van der Waals surface area contributed by atoms with Gasteiger partial charge in [-0.05, 0) is 11.8 Å². The maximum absolute atomic E-state index is 13.0. The summed E-state index contributed by atoms with van der Waals surface area (Å²) in [7, 11) is 7.35. The number of fused-ring (bicyclic) bond motifs is 1. The van der Waals surface area contributed by atoms with E-state index in [1.807, 2.05) is 19.0 Å². The lowest BCUT2D eigenvalue weighted by Gasteiger charge is -2.33. The first-order valence-corrected chi connectivity index (χ1v) is 9.73. The van der Waals surface area contributed by atoms with Gasteiger partial charge in [-0.2, -0.15) is 0 Å². The van der Waals surface area contributed by atoms with E-state index in [-0.39, 0.29) is 23.3 Å². The molecule has 0 saturated heterocycles. The van der Waals surface area contributed by atoms with Crippen molar-refractivity contribution in [2.45, 2.75) is 33.6 Å². The molecule has 1 aromatic rings. The van der Waals surface area contributed by atoms with E-state index >= 15 is 0 Å². The van der Waals surface area contributed by atoms with Crippen molar-refractivity contribution in [1.82, 2.24) is 25.1 Å². The smallest absolute Gasteiger partial charge is 0.319 e. The van der Waals surface area contributed by atoms with Crippen LogP contribution >= 0.6 is 0 Å². The van der Waals surface area contributed by atoms with Crippen molar-refractivity contribution in [3.05, 3.63) is 17.6 Å². The molecule has 3 amide bonds. The maximum Gasteiger partial charge on any atom is 0.319 e. The molecule has 0 aliphatic carbocycles. The number of hydrogen-bond acceptors (Lipinski definition) is 5. The summed E-state index contributed by atoms with van der Waals surface area (Å²) >= 11 is 0. The minimum atomic E-state index is -0.352. The maximum atomic E-state index is 13.0. The van der Waals surface area contributed by atoms with Gasteiger partial charge in [0.25, 0.3) is 0 Å². The number of hydrogen-bond donors (Lipinski definition) is 1. The molecule has 156 valence electrons. The second-order valence-electron chi connectivity index (χ2n) is 9.07. The summed E-state index contributed by atoms with van der Waals surface area (Å²) in [5, 5.41) is 3.06. The van der Waals surface area contributed by atoms with Crippen LogP contribution in [0.1, 0.15) is 32.0 Å². The van der Waals surface area contributed by atoms with Gasteiger partial charge in [0.2, 0.25) is 5.91 Å². The molecule has 1 aliphatic rings. The number of carbonyl (C=O) groups is 2. The highest BCUT2D eigenvalue weighted by Crippen LogP contribution is 2.25. The Morgan fingerprint density at radius 3 is 2.46 bits per heavy atom. The Balaban J connectivity index is 2.36. The van der Waals surface area contributed by atoms with E-state index in [9.17, 15) is 9.59 Å². The standard InChI is InChI=1S/C20H34N6O2/c1-20(2,3)12-21-18(27)14-10-15-16(22-13-23-17(15)24(4)5)8-9-26(11-14)19(28)25(6)7/h13-14H,8-12H2,1-7H3,(H,21,27)/t14-/m1/s1. The average Bonchev–Trinajstić information content (AvgIpc) is 2.58. The molecular weight excluding hydrogens is 356 g/mol. The fourth-order valence-electron chi connectivity index (χ4n) is 3.29. The largest absolute Gasteiger partial charge is 0.362 e. The van der Waals surface area contributed by atoms with Gasteiger partial charge in [-0.3, -0.25) is 4.79 Å². The second kappa shape index (κ2) is 8.75. The summed E-state index contributed by atoms with van der Waals surface area (Å²) in [4.78, 5) is 39.8. The third-order valence-electron chi connectivity index (χ3n) is 4.76. The van der Waals surface area contributed by atoms with Gasteiger partial charge in [0.1, 0.15) is 12.1 Å². The zero-order chi connectivity index (χ0) is 21.1. The van der Waals surface area contributed by atoms with Crippen molar-refractivity contribution >= 4 is 17.8 Å². The monoisotopic (exact) mass is 390 g/mol. The van der Waals surface area contributed by atoms with Gasteiger partial charge in [-0.25, -0.2) is 14.8 Å². The molecule has 1 atom stereocenters. The van der Waals surface area contributed by atoms with Crippen LogP contribution in [-0.2, 0) is 17.6 Å². The molecule has 2 rings (SSSR count). The van der Waals surface area contributed by atoms with Crippen molar-refractivity contribution in [2.75, 3.05) is 52.7 Å². The van der Waals surface area contributed by atoms with Crippen LogP contribution in [0.25, 0.3) is 0 Å². The highest BCUT2D eigenvalue weighted by atomic mass is 16.2. The van der Waals surface area contributed by atoms with E-state index in [4.69, 9.17) is 0 Å². The molecule has 0 aromatic carbocycles. The molecule has 8 nitrogen and oxygen atoms in total. The Bertz CT molecular complexity index is 711. The Hall–Kier alpha value is -2.38. The number of amides is 3. The molecule has 0 saturated carbocycles. The van der Waals surface area contributed by atoms with Crippen molar-refractivity contribution in [1.29, 1.82) is 0 Å². The van der Waals surface area contributed by atoms with Crippen LogP contribution in [0, 0.1) is 11.3 Å². The van der Waals surface area contributed by atoms with Crippen molar-refractivity contribution < 1.29 is 9.59 Å². The number of carbonyl (C=O) groups excluding carboxylic acids is 2. The SMILES string of the molecule is CN(C)C(=O)N1CCc2ncnc(N(C)C)c2C[C@@H](C(=O)NCC(C)(C)C)C1. The highest BCUT2D eigenvalue weighted by Gasteiger charge is 2.31. The predicted octanol–water partition coefficient (Wildman–Crippen LogP) is 1.40. The van der Waals surface area contributed by atoms with Crippen LogP contribution in [0.4, 0.5) is 10.6 Å². The molecule has 0 radical (unpaired) electrons. The van der Waals surface area contributed by atoms with Crippen LogP contribution < -0.4 is 10.2 Å². The van der Waals surface area contributed by atoms with Crippen LogP contribution in [-0.4, -0.2) is 79.5 Å². The summed E-state index contributed by atoms with van der Waals surface area (Å²) in [6, 6.07) is -0.0843. The summed E-state index contributed by atoms with van der Waals surface area (Å²) < 4.78 is 0. The molecule has 2 heterocycles. The molecule has 0 unspecified atom stereocenters. The van der Waals surface area contributed by atoms with Gasteiger partial charge in [0, 0.05) is 59.8 Å². The fourth-order valence-corrected chi connectivity index (χ4v) is 3.29. The highest BCUT2D eigenvalue weighted by molar-refractivity contribution is 5.81. The molecule has 1 aromatic heterocycles. The fraction of sp³-hybridized carbons (Fsp3) is 0.700. The Labute approximate surface area is 168 Å². The van der Waals surface area contributed by atoms with E-state index in [0.717, 1.165) is 17.1 Å². The first-order valence-electron chi connectivity index (χ1n) is 9.73. The van der Waals surface area contributed by atoms with Gasteiger partial charge in [0.15, 0.2) is 0 Å². The number of urea groups is 1. The molecule has 0 spiro atoms. The molecule has 8 heteroatoms. The van der Waals surface area contributed by atoms with Gasteiger partial charge in [-0.15, -0.1) is 0 Å². The number of aromatic nitrogens is 2. The zero-order valence-electron chi connectivity index (χ0n) is 18.2.